The number of phenolic OH excluding ortho intramolecular Hbond substituents is 1. The fourth-order valence-corrected chi connectivity index (χ4v) is 2.04. The van der Waals surface area contributed by atoms with Crippen LogP contribution in [0.4, 0.5) is 0 Å². The van der Waals surface area contributed by atoms with E-state index in [4.69, 9.17) is 0 Å². The Balaban J connectivity index is 3.14. The highest BCUT2D eigenvalue weighted by Crippen LogP contribution is 2.31. The van der Waals surface area contributed by atoms with E-state index in [1.54, 1.807) is 0 Å². The zero-order valence-electron chi connectivity index (χ0n) is 10.8. The highest BCUT2D eigenvalue weighted by molar-refractivity contribution is 5.47. The zero-order valence-corrected chi connectivity index (χ0v) is 10.8. The molecule has 1 aromatic rings. The van der Waals surface area contributed by atoms with E-state index >= 15 is 0 Å². The summed E-state index contributed by atoms with van der Waals surface area (Å²) in [6, 6.07) is 4.21. The molecule has 0 aromatic heterocycles. The van der Waals surface area contributed by atoms with Gasteiger partial charge in [-0.1, -0.05) is 32.9 Å². The normalized spacial score (nSPS) is 11.1. The number of rotatable bonds is 5. The number of phenols is 1. The summed E-state index contributed by atoms with van der Waals surface area (Å²) in [5, 5.41) is 13.4. The predicted octanol–water partition coefficient (Wildman–Crippen LogP) is 2.84. The Morgan fingerprint density at radius 3 is 2.50 bits per heavy atom. The van der Waals surface area contributed by atoms with E-state index < -0.39 is 0 Å². The lowest BCUT2D eigenvalue weighted by atomic mass is 9.92. The highest BCUT2D eigenvalue weighted by atomic mass is 16.3. The molecule has 0 saturated carbocycles. The largest absolute Gasteiger partial charge is 0.507 e. The van der Waals surface area contributed by atoms with Crippen LogP contribution >= 0.6 is 0 Å². The van der Waals surface area contributed by atoms with Gasteiger partial charge < -0.3 is 10.4 Å². The summed E-state index contributed by atoms with van der Waals surface area (Å²) in [5.41, 5.74) is 3.43. The minimum atomic E-state index is 0.462. The van der Waals surface area contributed by atoms with Crippen LogP contribution in [0.3, 0.4) is 0 Å². The first-order chi connectivity index (χ1) is 7.61. The Kier molecular flexibility index (Phi) is 4.81. The van der Waals surface area contributed by atoms with E-state index in [9.17, 15) is 5.11 Å². The first kappa shape index (κ1) is 13.0. The fourth-order valence-electron chi connectivity index (χ4n) is 2.04. The van der Waals surface area contributed by atoms with E-state index in [1.807, 2.05) is 13.1 Å². The summed E-state index contributed by atoms with van der Waals surface area (Å²) in [6.07, 6.45) is 1.78. The molecule has 90 valence electrons. The van der Waals surface area contributed by atoms with Gasteiger partial charge in [-0.2, -0.15) is 0 Å². The summed E-state index contributed by atoms with van der Waals surface area (Å²) in [4.78, 5) is 0. The number of likely N-dealkylation sites (N-methyl/N-ethyl adjacent to an activating group) is 1. The van der Waals surface area contributed by atoms with Gasteiger partial charge in [-0.05, 0) is 49.0 Å². The Labute approximate surface area is 98.7 Å². The minimum absolute atomic E-state index is 0.462. The third kappa shape index (κ3) is 2.76. The van der Waals surface area contributed by atoms with Gasteiger partial charge in [-0.25, -0.2) is 0 Å². The second kappa shape index (κ2) is 5.90. The summed E-state index contributed by atoms with van der Waals surface area (Å²) in [5.74, 6) is 0.965. The van der Waals surface area contributed by atoms with Crippen molar-refractivity contribution >= 4 is 0 Å². The lowest BCUT2D eigenvalue weighted by Gasteiger charge is -2.16. The maximum atomic E-state index is 10.2. The molecule has 1 aromatic carbocycles. The molecule has 0 fully saturated rings. The first-order valence-corrected chi connectivity index (χ1v) is 6.10. The SMILES string of the molecule is CCc1ccc(C(C)C)c(CCNC)c1O. The molecular formula is C14H23NO. The van der Waals surface area contributed by atoms with E-state index in [1.165, 1.54) is 5.56 Å². The Bertz CT molecular complexity index is 345. The van der Waals surface area contributed by atoms with Gasteiger partial charge in [0, 0.05) is 0 Å². The molecule has 0 unspecified atom stereocenters. The summed E-state index contributed by atoms with van der Waals surface area (Å²) in [6.45, 7) is 7.32. The Hall–Kier alpha value is -1.02. The maximum absolute atomic E-state index is 10.2. The lowest BCUT2D eigenvalue weighted by molar-refractivity contribution is 0.459. The molecule has 16 heavy (non-hydrogen) atoms. The van der Waals surface area contributed by atoms with Crippen LogP contribution in [-0.4, -0.2) is 18.7 Å². The molecule has 0 aliphatic rings. The van der Waals surface area contributed by atoms with Crippen molar-refractivity contribution in [2.45, 2.75) is 39.5 Å². The molecule has 1 rings (SSSR count). The number of aromatic hydroxyl groups is 1. The quantitative estimate of drug-likeness (QED) is 0.801. The summed E-state index contributed by atoms with van der Waals surface area (Å²) in [7, 11) is 1.94. The monoisotopic (exact) mass is 221 g/mol. The van der Waals surface area contributed by atoms with Gasteiger partial charge in [-0.15, -0.1) is 0 Å². The van der Waals surface area contributed by atoms with Gasteiger partial charge >= 0.3 is 0 Å². The van der Waals surface area contributed by atoms with Crippen molar-refractivity contribution in [1.29, 1.82) is 0 Å². The van der Waals surface area contributed by atoms with E-state index in [-0.39, 0.29) is 0 Å². The van der Waals surface area contributed by atoms with Crippen LogP contribution in [0.15, 0.2) is 12.1 Å². The van der Waals surface area contributed by atoms with Crippen molar-refractivity contribution in [2.24, 2.45) is 0 Å². The lowest BCUT2D eigenvalue weighted by Crippen LogP contribution is -2.12. The van der Waals surface area contributed by atoms with Crippen LogP contribution in [0, 0.1) is 0 Å². The van der Waals surface area contributed by atoms with E-state index in [2.05, 4.69) is 32.2 Å². The van der Waals surface area contributed by atoms with Crippen LogP contribution in [0.5, 0.6) is 5.75 Å². The topological polar surface area (TPSA) is 32.3 Å². The van der Waals surface area contributed by atoms with Crippen molar-refractivity contribution < 1.29 is 5.11 Å². The number of benzene rings is 1. The summed E-state index contributed by atoms with van der Waals surface area (Å²) < 4.78 is 0. The Morgan fingerprint density at radius 1 is 1.31 bits per heavy atom. The van der Waals surface area contributed by atoms with E-state index in [0.29, 0.717) is 11.7 Å². The van der Waals surface area contributed by atoms with Gasteiger partial charge in [0.2, 0.25) is 0 Å². The average Bonchev–Trinajstić information content (AvgIpc) is 2.26. The molecule has 0 spiro atoms. The molecule has 2 heteroatoms. The summed E-state index contributed by atoms with van der Waals surface area (Å²) >= 11 is 0. The smallest absolute Gasteiger partial charge is 0.122 e. The number of hydrogen-bond acceptors (Lipinski definition) is 2. The van der Waals surface area contributed by atoms with Crippen molar-refractivity contribution in [3.8, 4) is 5.75 Å². The van der Waals surface area contributed by atoms with Crippen LogP contribution < -0.4 is 5.32 Å². The molecule has 0 aliphatic heterocycles. The van der Waals surface area contributed by atoms with Crippen LogP contribution in [0.2, 0.25) is 0 Å². The van der Waals surface area contributed by atoms with Crippen LogP contribution in [0.1, 0.15) is 43.4 Å². The van der Waals surface area contributed by atoms with Gasteiger partial charge in [0.1, 0.15) is 5.75 Å². The maximum Gasteiger partial charge on any atom is 0.122 e. The average molecular weight is 221 g/mol. The molecule has 0 saturated heterocycles. The number of hydrogen-bond donors (Lipinski definition) is 2. The second-order valence-corrected chi connectivity index (χ2v) is 4.50. The Morgan fingerprint density at radius 2 is 2.00 bits per heavy atom. The van der Waals surface area contributed by atoms with Gasteiger partial charge in [0.25, 0.3) is 0 Å². The molecule has 0 heterocycles. The van der Waals surface area contributed by atoms with Crippen LogP contribution in [-0.2, 0) is 12.8 Å². The second-order valence-electron chi connectivity index (χ2n) is 4.50. The van der Waals surface area contributed by atoms with Crippen molar-refractivity contribution in [3.05, 3.63) is 28.8 Å². The molecular weight excluding hydrogens is 198 g/mol. The number of nitrogens with one attached hydrogen (secondary N) is 1. The minimum Gasteiger partial charge on any atom is -0.507 e. The van der Waals surface area contributed by atoms with Gasteiger partial charge in [0.05, 0.1) is 0 Å². The van der Waals surface area contributed by atoms with Gasteiger partial charge in [0.15, 0.2) is 0 Å². The third-order valence-electron chi connectivity index (χ3n) is 3.03. The van der Waals surface area contributed by atoms with Crippen molar-refractivity contribution in [1.82, 2.24) is 5.32 Å². The molecule has 0 radical (unpaired) electrons. The predicted molar refractivity (Wildman–Crippen MR) is 69.2 cm³/mol. The molecule has 2 N–H and O–H groups in total. The molecule has 0 aliphatic carbocycles. The zero-order chi connectivity index (χ0) is 12.1. The number of aryl methyl sites for hydroxylation is 1. The van der Waals surface area contributed by atoms with Crippen molar-refractivity contribution in [3.63, 3.8) is 0 Å². The third-order valence-corrected chi connectivity index (χ3v) is 3.03. The molecule has 0 bridgehead atoms. The van der Waals surface area contributed by atoms with Crippen molar-refractivity contribution in [2.75, 3.05) is 13.6 Å². The van der Waals surface area contributed by atoms with Gasteiger partial charge in [-0.3, -0.25) is 0 Å². The fraction of sp³-hybridized carbons (Fsp3) is 0.571. The molecule has 0 atom stereocenters. The molecule has 2 nitrogen and oxygen atoms in total. The standard InChI is InChI=1S/C14H23NO/c1-5-11-6-7-12(10(2)3)13(14(11)16)8-9-15-4/h6-7,10,15-16H,5,8-9H2,1-4H3. The first-order valence-electron chi connectivity index (χ1n) is 6.10. The highest BCUT2D eigenvalue weighted by Gasteiger charge is 2.13. The van der Waals surface area contributed by atoms with Crippen LogP contribution in [0.25, 0.3) is 0 Å². The molecule has 0 amide bonds. The van der Waals surface area contributed by atoms with E-state index in [0.717, 1.165) is 30.5 Å².